The van der Waals surface area contributed by atoms with Gasteiger partial charge in [0.1, 0.15) is 31.2 Å². The first kappa shape index (κ1) is 28.7. The number of fused-ring (bicyclic) bond motifs is 5. The largest absolute Gasteiger partial charge is 0.458 e. The van der Waals surface area contributed by atoms with Gasteiger partial charge in [-0.15, -0.1) is 0 Å². The normalized spacial score (nSPS) is 54.1. The number of aliphatic hydroxyl groups excluding tert-OH is 2. The highest BCUT2D eigenvalue weighted by Crippen LogP contribution is 2.70. The van der Waals surface area contributed by atoms with Gasteiger partial charge in [0.05, 0.1) is 28.8 Å². The predicted octanol–water partition coefficient (Wildman–Crippen LogP) is 1.40. The quantitative estimate of drug-likeness (QED) is 0.219. The molecule has 0 amide bonds. The lowest BCUT2D eigenvalue weighted by Crippen LogP contribution is -2.69. The van der Waals surface area contributed by atoms with Gasteiger partial charge in [0, 0.05) is 25.0 Å². The number of methoxy groups -OCH3 is 1. The third-order valence-corrected chi connectivity index (χ3v) is 12.2. The van der Waals surface area contributed by atoms with Gasteiger partial charge in [0.2, 0.25) is 0 Å². The fourth-order valence-corrected chi connectivity index (χ4v) is 9.99. The van der Waals surface area contributed by atoms with Crippen molar-refractivity contribution in [3.63, 3.8) is 0 Å². The van der Waals surface area contributed by atoms with Gasteiger partial charge in [-0.25, -0.2) is 4.79 Å². The van der Waals surface area contributed by atoms with Gasteiger partial charge in [-0.1, -0.05) is 6.92 Å². The fourth-order valence-electron chi connectivity index (χ4n) is 9.99. The third-order valence-electron chi connectivity index (χ3n) is 12.2. The maximum absolute atomic E-state index is 13.0. The molecule has 0 spiro atoms. The van der Waals surface area contributed by atoms with Crippen molar-refractivity contribution in [2.75, 3.05) is 13.7 Å². The Balaban J connectivity index is 1.22. The summed E-state index contributed by atoms with van der Waals surface area (Å²) in [5.41, 5.74) is -2.75. The monoisotopic (exact) mass is 564 g/mol. The zero-order valence-electron chi connectivity index (χ0n) is 23.7. The van der Waals surface area contributed by atoms with Crippen LogP contribution in [0.15, 0.2) is 11.6 Å². The predicted molar refractivity (Wildman–Crippen MR) is 140 cm³/mol. The highest BCUT2D eigenvalue weighted by Gasteiger charge is 2.71. The van der Waals surface area contributed by atoms with E-state index >= 15 is 0 Å². The summed E-state index contributed by atoms with van der Waals surface area (Å²) in [5.74, 6) is -0.552. The number of ether oxygens (including phenoxy) is 4. The minimum atomic E-state index is -1.30. The molecular weight excluding hydrogens is 520 g/mol. The number of rotatable bonds is 5. The smallest absolute Gasteiger partial charge is 0.331 e. The molecule has 0 aromatic rings. The van der Waals surface area contributed by atoms with Gasteiger partial charge in [0.25, 0.3) is 0 Å². The lowest BCUT2D eigenvalue weighted by Gasteiger charge is -2.65. The van der Waals surface area contributed by atoms with Gasteiger partial charge in [-0.2, -0.15) is 0 Å². The Morgan fingerprint density at radius 1 is 1.02 bits per heavy atom. The first-order chi connectivity index (χ1) is 18.9. The second kappa shape index (κ2) is 9.82. The molecule has 2 heterocycles. The Kier molecular flexibility index (Phi) is 7.05. The summed E-state index contributed by atoms with van der Waals surface area (Å²) in [6, 6.07) is 0. The van der Waals surface area contributed by atoms with E-state index < -0.39 is 58.8 Å². The summed E-state index contributed by atoms with van der Waals surface area (Å²) < 4.78 is 22.7. The molecule has 13 atom stereocenters. The van der Waals surface area contributed by atoms with E-state index in [-0.39, 0.29) is 36.8 Å². The first-order valence-electron chi connectivity index (χ1n) is 14.9. The van der Waals surface area contributed by atoms with Crippen molar-refractivity contribution in [3.05, 3.63) is 11.6 Å². The summed E-state index contributed by atoms with van der Waals surface area (Å²) in [4.78, 5) is 24.8. The summed E-state index contributed by atoms with van der Waals surface area (Å²) in [7, 11) is 1.42. The summed E-state index contributed by atoms with van der Waals surface area (Å²) >= 11 is 0. The van der Waals surface area contributed by atoms with Crippen LogP contribution in [0.2, 0.25) is 0 Å². The molecule has 1 saturated heterocycles. The number of carbonyl (C=O) groups is 2. The fraction of sp³-hybridized carbons (Fsp3) is 0.867. The van der Waals surface area contributed by atoms with Crippen molar-refractivity contribution in [2.24, 2.45) is 28.6 Å². The molecule has 40 heavy (non-hydrogen) atoms. The SMILES string of the molecule is CO[C@H]1[C@H](OC2CC[C@]3(C=O)C4CC[C@]5(C)[C@@H](C6=CC(=O)OC6)CC[C@]5(O)C4CC[C@]3(O)C2)O[C@H](C)[C@@H](O)[C@@H]1O. The summed E-state index contributed by atoms with van der Waals surface area (Å²) in [6.07, 6.45) is 2.33. The molecule has 6 rings (SSSR count). The standard InChI is InChI=1S/C30H44O10/c1-16-23(33)24(34)25(37-3)26(39-16)40-18-4-9-28(15-31)20-5-8-27(2)19(17-12-22(32)38-14-17)7-11-30(27,36)21(20)6-10-29(28,35)13-18/h12,15-16,18-21,23-26,33-36H,4-11,13-14H2,1-3H3/t16-,18?,19-,20?,21?,23-,24+,25-,26+,27-,28+,29+,30+/m1/s1. The minimum absolute atomic E-state index is 0.0579. The lowest BCUT2D eigenvalue weighted by molar-refractivity contribution is -0.320. The number of carbonyl (C=O) groups excluding carboxylic acids is 2. The molecule has 4 aliphatic carbocycles. The Bertz CT molecular complexity index is 1060. The van der Waals surface area contributed by atoms with Crippen molar-refractivity contribution in [1.82, 2.24) is 0 Å². The molecule has 2 aliphatic heterocycles. The maximum atomic E-state index is 13.0. The van der Waals surface area contributed by atoms with E-state index in [0.29, 0.717) is 44.9 Å². The highest BCUT2D eigenvalue weighted by molar-refractivity contribution is 5.85. The van der Waals surface area contributed by atoms with Crippen LogP contribution in [-0.4, -0.2) is 94.4 Å². The van der Waals surface area contributed by atoms with E-state index in [1.165, 1.54) is 7.11 Å². The number of esters is 1. The molecule has 4 N–H and O–H groups in total. The highest BCUT2D eigenvalue weighted by atomic mass is 16.7. The van der Waals surface area contributed by atoms with Crippen LogP contribution in [0.25, 0.3) is 0 Å². The third kappa shape index (κ3) is 3.86. The molecule has 224 valence electrons. The molecule has 3 unspecified atom stereocenters. The van der Waals surface area contributed by atoms with Crippen molar-refractivity contribution < 1.29 is 49.0 Å². The Hall–Kier alpha value is -1.40. The molecule has 0 radical (unpaired) electrons. The van der Waals surface area contributed by atoms with Crippen LogP contribution in [0, 0.1) is 28.6 Å². The van der Waals surface area contributed by atoms with Crippen molar-refractivity contribution in [2.45, 2.75) is 120 Å². The number of aldehydes is 1. The van der Waals surface area contributed by atoms with E-state index in [2.05, 4.69) is 6.92 Å². The molecular formula is C30H44O10. The molecule has 0 aromatic carbocycles. The Labute approximate surface area is 235 Å². The van der Waals surface area contributed by atoms with Crippen molar-refractivity contribution in [1.29, 1.82) is 0 Å². The molecule has 10 heteroatoms. The van der Waals surface area contributed by atoms with Crippen LogP contribution in [0.4, 0.5) is 0 Å². The topological polar surface area (TPSA) is 152 Å². The van der Waals surface area contributed by atoms with E-state index in [9.17, 15) is 30.0 Å². The van der Waals surface area contributed by atoms with Crippen LogP contribution < -0.4 is 0 Å². The summed E-state index contributed by atoms with van der Waals surface area (Å²) in [5, 5.41) is 45.3. The van der Waals surface area contributed by atoms with Crippen LogP contribution in [-0.2, 0) is 28.5 Å². The molecule has 6 aliphatic rings. The lowest BCUT2D eigenvalue weighted by atomic mass is 9.41. The average Bonchev–Trinajstić information content (AvgIpc) is 3.46. The van der Waals surface area contributed by atoms with Crippen LogP contribution >= 0.6 is 0 Å². The Morgan fingerprint density at radius 3 is 2.45 bits per heavy atom. The van der Waals surface area contributed by atoms with Crippen LogP contribution in [0.3, 0.4) is 0 Å². The van der Waals surface area contributed by atoms with Gasteiger partial charge in [-0.05, 0) is 81.6 Å². The van der Waals surface area contributed by atoms with E-state index in [0.717, 1.165) is 18.3 Å². The summed E-state index contributed by atoms with van der Waals surface area (Å²) in [6.45, 7) is 4.07. The molecule has 0 bridgehead atoms. The second-order valence-corrected chi connectivity index (χ2v) is 13.6. The van der Waals surface area contributed by atoms with Gasteiger partial charge >= 0.3 is 5.97 Å². The van der Waals surface area contributed by atoms with E-state index in [1.54, 1.807) is 13.0 Å². The minimum Gasteiger partial charge on any atom is -0.458 e. The average molecular weight is 565 g/mol. The number of cyclic esters (lactones) is 1. The van der Waals surface area contributed by atoms with Crippen LogP contribution in [0.5, 0.6) is 0 Å². The van der Waals surface area contributed by atoms with Crippen molar-refractivity contribution in [3.8, 4) is 0 Å². The van der Waals surface area contributed by atoms with Gasteiger partial charge in [0.15, 0.2) is 6.29 Å². The van der Waals surface area contributed by atoms with Gasteiger partial charge in [-0.3, -0.25) is 0 Å². The Morgan fingerprint density at radius 2 is 1.77 bits per heavy atom. The molecule has 5 fully saturated rings. The molecule has 0 aromatic heterocycles. The van der Waals surface area contributed by atoms with Crippen LogP contribution in [0.1, 0.15) is 71.6 Å². The van der Waals surface area contributed by atoms with Crippen molar-refractivity contribution >= 4 is 12.3 Å². The van der Waals surface area contributed by atoms with E-state index in [4.69, 9.17) is 18.9 Å². The number of hydrogen-bond acceptors (Lipinski definition) is 10. The van der Waals surface area contributed by atoms with E-state index in [1.807, 2.05) is 0 Å². The number of aliphatic hydroxyl groups is 4. The first-order valence-corrected chi connectivity index (χ1v) is 14.9. The maximum Gasteiger partial charge on any atom is 0.331 e. The molecule has 4 saturated carbocycles. The second-order valence-electron chi connectivity index (χ2n) is 13.6. The zero-order valence-corrected chi connectivity index (χ0v) is 23.7. The number of hydrogen-bond donors (Lipinski definition) is 4. The molecule has 10 nitrogen and oxygen atoms in total. The van der Waals surface area contributed by atoms with Gasteiger partial charge < -0.3 is 44.2 Å². The zero-order chi connectivity index (χ0) is 28.7.